The van der Waals surface area contributed by atoms with Crippen LogP contribution in [0.25, 0.3) is 0 Å². The van der Waals surface area contributed by atoms with Crippen LogP contribution in [0.2, 0.25) is 0 Å². The van der Waals surface area contributed by atoms with Gasteiger partial charge in [0, 0.05) is 25.6 Å². The van der Waals surface area contributed by atoms with Crippen molar-refractivity contribution in [1.29, 1.82) is 0 Å². The third-order valence-electron chi connectivity index (χ3n) is 3.44. The Morgan fingerprint density at radius 1 is 1.55 bits per heavy atom. The first-order valence-electron chi connectivity index (χ1n) is 7.52. The highest BCUT2D eigenvalue weighted by atomic mass is 16.6. The van der Waals surface area contributed by atoms with Crippen molar-refractivity contribution in [3.63, 3.8) is 0 Å². The van der Waals surface area contributed by atoms with Crippen LogP contribution in [0.15, 0.2) is 0 Å². The highest BCUT2D eigenvalue weighted by Crippen LogP contribution is 2.23. The Morgan fingerprint density at radius 2 is 2.25 bits per heavy atom. The normalized spacial score (nSPS) is 20.6. The fourth-order valence-electron chi connectivity index (χ4n) is 2.47. The van der Waals surface area contributed by atoms with Crippen molar-refractivity contribution in [3.05, 3.63) is 0 Å². The van der Waals surface area contributed by atoms with Crippen molar-refractivity contribution in [1.82, 2.24) is 10.2 Å². The van der Waals surface area contributed by atoms with Crippen LogP contribution in [-0.2, 0) is 4.74 Å². The number of nitrogens with one attached hydrogen (secondary N) is 1. The van der Waals surface area contributed by atoms with Crippen LogP contribution in [0.1, 0.15) is 47.0 Å². The van der Waals surface area contributed by atoms with Gasteiger partial charge in [-0.2, -0.15) is 0 Å². The molecule has 114 valence electrons. The molecule has 1 saturated heterocycles. The number of likely N-dealkylation sites (tertiary alicyclic amines) is 1. The van der Waals surface area contributed by atoms with E-state index in [1.807, 2.05) is 20.8 Å². The number of carbonyl (C=O) groups is 1. The van der Waals surface area contributed by atoms with E-state index in [0.29, 0.717) is 18.4 Å². The summed E-state index contributed by atoms with van der Waals surface area (Å²) in [7, 11) is 0. The van der Waals surface area contributed by atoms with Gasteiger partial charge in [-0.05, 0) is 46.1 Å². The van der Waals surface area contributed by atoms with Gasteiger partial charge in [0.25, 0.3) is 0 Å². The second kappa shape index (κ2) is 7.54. The molecule has 2 unspecified atom stereocenters. The molecule has 0 spiro atoms. The summed E-state index contributed by atoms with van der Waals surface area (Å²) in [6.45, 7) is 10.3. The molecule has 1 heterocycles. The van der Waals surface area contributed by atoms with Crippen LogP contribution in [0.5, 0.6) is 0 Å². The Labute approximate surface area is 123 Å². The summed E-state index contributed by atoms with van der Waals surface area (Å²) in [6.07, 6.45) is 8.03. The molecule has 0 aliphatic carbocycles. The minimum absolute atomic E-state index is 0.213. The lowest BCUT2D eigenvalue weighted by Crippen LogP contribution is -2.40. The quantitative estimate of drug-likeness (QED) is 0.787. The van der Waals surface area contributed by atoms with E-state index < -0.39 is 5.60 Å². The standard InChI is InChI=1S/C16H28N2O2/c1-6-8-14(17-10-7-2)13-9-11-18(12-13)15(19)20-16(3,4)5/h1,13-14,17H,7-12H2,2-5H3. The topological polar surface area (TPSA) is 41.6 Å². The summed E-state index contributed by atoms with van der Waals surface area (Å²) < 4.78 is 5.42. The van der Waals surface area contributed by atoms with Crippen LogP contribution in [-0.4, -0.2) is 42.3 Å². The molecule has 0 bridgehead atoms. The zero-order chi connectivity index (χ0) is 15.2. The number of amides is 1. The van der Waals surface area contributed by atoms with Crippen molar-refractivity contribution in [3.8, 4) is 12.3 Å². The van der Waals surface area contributed by atoms with E-state index in [2.05, 4.69) is 18.2 Å². The third kappa shape index (κ3) is 5.42. The summed E-state index contributed by atoms with van der Waals surface area (Å²) in [5.41, 5.74) is -0.437. The highest BCUT2D eigenvalue weighted by molar-refractivity contribution is 5.68. The fourth-order valence-corrected chi connectivity index (χ4v) is 2.47. The molecule has 1 amide bonds. The van der Waals surface area contributed by atoms with Crippen molar-refractivity contribution in [2.24, 2.45) is 5.92 Å². The first-order valence-corrected chi connectivity index (χ1v) is 7.52. The van der Waals surface area contributed by atoms with Gasteiger partial charge in [-0.1, -0.05) is 6.92 Å². The molecule has 0 aromatic rings. The molecule has 2 atom stereocenters. The van der Waals surface area contributed by atoms with E-state index in [4.69, 9.17) is 11.2 Å². The maximum Gasteiger partial charge on any atom is 0.410 e. The SMILES string of the molecule is C#CCC(NCCC)C1CCN(C(=O)OC(C)(C)C)C1. The first-order chi connectivity index (χ1) is 9.37. The Kier molecular flexibility index (Phi) is 6.35. The average Bonchev–Trinajstić information content (AvgIpc) is 2.82. The molecular formula is C16H28N2O2. The van der Waals surface area contributed by atoms with Crippen molar-refractivity contribution >= 4 is 6.09 Å². The highest BCUT2D eigenvalue weighted by Gasteiger charge is 2.33. The molecule has 0 aromatic carbocycles. The molecule has 0 radical (unpaired) electrons. The number of nitrogens with zero attached hydrogens (tertiary/aromatic N) is 1. The lowest BCUT2D eigenvalue weighted by molar-refractivity contribution is 0.0285. The molecule has 0 saturated carbocycles. The maximum absolute atomic E-state index is 12.0. The lowest BCUT2D eigenvalue weighted by Gasteiger charge is -2.26. The van der Waals surface area contributed by atoms with Gasteiger partial charge in [0.1, 0.15) is 5.60 Å². The summed E-state index contributed by atoms with van der Waals surface area (Å²) in [6, 6.07) is 0.299. The van der Waals surface area contributed by atoms with E-state index in [0.717, 1.165) is 32.5 Å². The molecular weight excluding hydrogens is 252 g/mol. The zero-order valence-electron chi connectivity index (χ0n) is 13.2. The second-order valence-corrected chi connectivity index (χ2v) is 6.44. The van der Waals surface area contributed by atoms with Gasteiger partial charge in [0.15, 0.2) is 0 Å². The van der Waals surface area contributed by atoms with Gasteiger partial charge in [0.2, 0.25) is 0 Å². The van der Waals surface area contributed by atoms with Crippen molar-refractivity contribution in [2.75, 3.05) is 19.6 Å². The largest absolute Gasteiger partial charge is 0.444 e. The van der Waals surface area contributed by atoms with Gasteiger partial charge in [-0.3, -0.25) is 0 Å². The number of rotatable bonds is 5. The van der Waals surface area contributed by atoms with Crippen LogP contribution in [0.4, 0.5) is 4.79 Å². The second-order valence-electron chi connectivity index (χ2n) is 6.44. The van der Waals surface area contributed by atoms with Crippen LogP contribution in [0, 0.1) is 18.3 Å². The molecule has 1 aliphatic heterocycles. The van der Waals surface area contributed by atoms with Gasteiger partial charge in [-0.25, -0.2) is 4.79 Å². The van der Waals surface area contributed by atoms with Gasteiger partial charge in [0.05, 0.1) is 0 Å². The first kappa shape index (κ1) is 16.8. The van der Waals surface area contributed by atoms with E-state index in [1.165, 1.54) is 0 Å². The summed E-state index contributed by atoms with van der Waals surface area (Å²) in [5, 5.41) is 3.50. The monoisotopic (exact) mass is 280 g/mol. The van der Waals surface area contributed by atoms with Crippen LogP contribution >= 0.6 is 0 Å². The minimum Gasteiger partial charge on any atom is -0.444 e. The van der Waals surface area contributed by atoms with Crippen molar-refractivity contribution in [2.45, 2.75) is 58.6 Å². The number of carbonyl (C=O) groups excluding carboxylic acids is 1. The van der Waals surface area contributed by atoms with Crippen molar-refractivity contribution < 1.29 is 9.53 Å². The lowest BCUT2D eigenvalue weighted by atomic mass is 9.96. The molecule has 1 N–H and O–H groups in total. The smallest absolute Gasteiger partial charge is 0.410 e. The van der Waals surface area contributed by atoms with Gasteiger partial charge in [-0.15, -0.1) is 12.3 Å². The Balaban J connectivity index is 2.52. The maximum atomic E-state index is 12.0. The zero-order valence-corrected chi connectivity index (χ0v) is 13.2. The average molecular weight is 280 g/mol. The number of hydrogen-bond donors (Lipinski definition) is 1. The predicted octanol–water partition coefficient (Wildman–Crippen LogP) is 2.63. The number of terminal acetylenes is 1. The number of hydrogen-bond acceptors (Lipinski definition) is 3. The Morgan fingerprint density at radius 3 is 2.80 bits per heavy atom. The van der Waals surface area contributed by atoms with E-state index in [1.54, 1.807) is 4.90 Å². The Bertz CT molecular complexity index is 354. The predicted molar refractivity (Wildman–Crippen MR) is 81.4 cm³/mol. The molecule has 1 fully saturated rings. The summed E-state index contributed by atoms with van der Waals surface area (Å²) in [4.78, 5) is 13.8. The minimum atomic E-state index is -0.437. The molecule has 1 rings (SSSR count). The van der Waals surface area contributed by atoms with Gasteiger partial charge < -0.3 is 15.0 Å². The van der Waals surface area contributed by atoms with Crippen LogP contribution < -0.4 is 5.32 Å². The molecule has 0 aromatic heterocycles. The molecule has 4 heteroatoms. The molecule has 1 aliphatic rings. The molecule has 20 heavy (non-hydrogen) atoms. The summed E-state index contributed by atoms with van der Waals surface area (Å²) >= 11 is 0. The van der Waals surface area contributed by atoms with E-state index in [-0.39, 0.29) is 6.09 Å². The van der Waals surface area contributed by atoms with E-state index >= 15 is 0 Å². The Hall–Kier alpha value is -1.21. The van der Waals surface area contributed by atoms with E-state index in [9.17, 15) is 4.79 Å². The summed E-state index contributed by atoms with van der Waals surface area (Å²) in [5.74, 6) is 3.16. The van der Waals surface area contributed by atoms with Gasteiger partial charge >= 0.3 is 6.09 Å². The fraction of sp³-hybridized carbons (Fsp3) is 0.812. The molecule has 4 nitrogen and oxygen atoms in total. The number of ether oxygens (including phenoxy) is 1. The third-order valence-corrected chi connectivity index (χ3v) is 3.44. The van der Waals surface area contributed by atoms with Crippen LogP contribution in [0.3, 0.4) is 0 Å².